The Bertz CT molecular complexity index is 889. The van der Waals surface area contributed by atoms with Gasteiger partial charge in [-0.05, 0) is 74.6 Å². The van der Waals surface area contributed by atoms with E-state index in [9.17, 15) is 8.42 Å². The van der Waals surface area contributed by atoms with Gasteiger partial charge in [0.2, 0.25) is 0 Å². The summed E-state index contributed by atoms with van der Waals surface area (Å²) in [4.78, 5) is 0.336. The molecule has 0 unspecified atom stereocenters. The zero-order chi connectivity index (χ0) is 18.9. The average molecular weight is 363 g/mol. The molecule has 136 valence electrons. The Kier molecular flexibility index (Phi) is 5.32. The molecule has 0 fully saturated rings. The van der Waals surface area contributed by atoms with E-state index in [2.05, 4.69) is 4.72 Å². The monoisotopic (exact) mass is 363 g/mol. The molecule has 0 bridgehead atoms. The van der Waals surface area contributed by atoms with Gasteiger partial charge >= 0.3 is 0 Å². The molecule has 1 N–H and O–H groups in total. The van der Waals surface area contributed by atoms with Gasteiger partial charge in [0.1, 0.15) is 0 Å². The second kappa shape index (κ2) is 6.96. The lowest BCUT2D eigenvalue weighted by atomic mass is 9.95. The van der Waals surface area contributed by atoms with E-state index in [-0.39, 0.29) is 0 Å². The van der Waals surface area contributed by atoms with Crippen LogP contribution in [0.25, 0.3) is 0 Å². The first-order valence-corrected chi connectivity index (χ1v) is 9.44. The molecular weight excluding hydrogens is 338 g/mol. The van der Waals surface area contributed by atoms with Crippen molar-refractivity contribution in [2.75, 3.05) is 18.9 Å². The quantitative estimate of drug-likeness (QED) is 0.870. The lowest BCUT2D eigenvalue weighted by Gasteiger charge is -2.19. The van der Waals surface area contributed by atoms with E-state index in [1.165, 1.54) is 14.2 Å². The van der Waals surface area contributed by atoms with Gasteiger partial charge in [-0.25, -0.2) is 8.42 Å². The molecule has 0 amide bonds. The fourth-order valence-electron chi connectivity index (χ4n) is 2.97. The second-order valence-corrected chi connectivity index (χ2v) is 7.75. The SMILES string of the molecule is COc1ccc(NS(=O)(=O)c2c(C)c(C)c(C)c(C)c2C)cc1OC. The van der Waals surface area contributed by atoms with Gasteiger partial charge in [-0.1, -0.05) is 0 Å². The molecule has 25 heavy (non-hydrogen) atoms. The minimum absolute atomic E-state index is 0.336. The molecule has 0 spiro atoms. The van der Waals surface area contributed by atoms with Crippen LogP contribution in [0.1, 0.15) is 27.8 Å². The number of anilines is 1. The summed E-state index contributed by atoms with van der Waals surface area (Å²) in [6, 6.07) is 4.93. The number of benzene rings is 2. The van der Waals surface area contributed by atoms with Gasteiger partial charge in [0.05, 0.1) is 24.8 Å². The predicted molar refractivity (Wildman–Crippen MR) is 100 cm³/mol. The summed E-state index contributed by atoms with van der Waals surface area (Å²) in [7, 11) is -0.682. The minimum Gasteiger partial charge on any atom is -0.493 e. The van der Waals surface area contributed by atoms with Gasteiger partial charge in [-0.15, -0.1) is 0 Å². The van der Waals surface area contributed by atoms with Crippen molar-refractivity contribution in [1.29, 1.82) is 0 Å². The summed E-state index contributed by atoms with van der Waals surface area (Å²) in [6.45, 7) is 9.61. The van der Waals surface area contributed by atoms with Crippen LogP contribution in [0.3, 0.4) is 0 Å². The van der Waals surface area contributed by atoms with Crippen LogP contribution in [0.5, 0.6) is 11.5 Å². The van der Waals surface area contributed by atoms with Crippen LogP contribution in [0.4, 0.5) is 5.69 Å². The molecule has 0 atom stereocenters. The van der Waals surface area contributed by atoms with Gasteiger partial charge < -0.3 is 9.47 Å². The number of sulfonamides is 1. The topological polar surface area (TPSA) is 64.6 Å². The molecule has 0 aliphatic heterocycles. The molecular formula is C19H25NO4S. The molecule has 0 heterocycles. The fraction of sp³-hybridized carbons (Fsp3) is 0.368. The average Bonchev–Trinajstić information content (AvgIpc) is 2.57. The standard InChI is InChI=1S/C19H25NO4S/c1-11-12(2)14(4)19(15(5)13(11)3)25(21,22)20-16-8-9-17(23-6)18(10-16)24-7/h8-10,20H,1-7H3. The first-order chi connectivity index (χ1) is 11.6. The van der Waals surface area contributed by atoms with Crippen LogP contribution in [0, 0.1) is 34.6 Å². The largest absolute Gasteiger partial charge is 0.493 e. The molecule has 2 rings (SSSR count). The third-order valence-corrected chi connectivity index (χ3v) is 6.49. The second-order valence-electron chi connectivity index (χ2n) is 6.13. The van der Waals surface area contributed by atoms with E-state index >= 15 is 0 Å². The van der Waals surface area contributed by atoms with Crippen LogP contribution in [0.2, 0.25) is 0 Å². The fourth-order valence-corrected chi connectivity index (χ4v) is 4.63. The molecule has 0 aliphatic carbocycles. The molecule has 0 radical (unpaired) electrons. The Morgan fingerprint density at radius 2 is 1.24 bits per heavy atom. The molecule has 2 aromatic carbocycles. The van der Waals surface area contributed by atoms with E-state index in [0.29, 0.717) is 22.1 Å². The van der Waals surface area contributed by atoms with Crippen molar-refractivity contribution in [3.8, 4) is 11.5 Å². The Morgan fingerprint density at radius 1 is 0.760 bits per heavy atom. The van der Waals surface area contributed by atoms with Gasteiger partial charge in [0, 0.05) is 6.07 Å². The zero-order valence-electron chi connectivity index (χ0n) is 15.8. The van der Waals surface area contributed by atoms with E-state index in [4.69, 9.17) is 9.47 Å². The highest BCUT2D eigenvalue weighted by Gasteiger charge is 2.24. The normalized spacial score (nSPS) is 11.3. The van der Waals surface area contributed by atoms with Gasteiger partial charge in [0.15, 0.2) is 11.5 Å². The lowest BCUT2D eigenvalue weighted by Crippen LogP contribution is -2.17. The van der Waals surface area contributed by atoms with Gasteiger partial charge in [-0.2, -0.15) is 0 Å². The number of ether oxygens (including phenoxy) is 2. The summed E-state index contributed by atoms with van der Waals surface area (Å²) in [6.07, 6.45) is 0. The smallest absolute Gasteiger partial charge is 0.262 e. The maximum absolute atomic E-state index is 13.0. The van der Waals surface area contributed by atoms with Gasteiger partial charge in [-0.3, -0.25) is 4.72 Å². The highest BCUT2D eigenvalue weighted by atomic mass is 32.2. The van der Waals surface area contributed by atoms with Crippen LogP contribution >= 0.6 is 0 Å². The maximum Gasteiger partial charge on any atom is 0.262 e. The summed E-state index contributed by atoms with van der Waals surface area (Å²) < 4.78 is 39.1. The highest BCUT2D eigenvalue weighted by molar-refractivity contribution is 7.92. The molecule has 0 saturated carbocycles. The molecule has 6 heteroatoms. The first kappa shape index (κ1) is 19.1. The third-order valence-electron chi connectivity index (χ3n) is 4.84. The van der Waals surface area contributed by atoms with Crippen LogP contribution < -0.4 is 14.2 Å². The Hall–Kier alpha value is -2.21. The summed E-state index contributed by atoms with van der Waals surface area (Å²) in [5.41, 5.74) is 5.08. The minimum atomic E-state index is -3.73. The number of methoxy groups -OCH3 is 2. The van der Waals surface area contributed by atoms with Crippen molar-refractivity contribution in [2.24, 2.45) is 0 Å². The molecule has 5 nitrogen and oxygen atoms in total. The van der Waals surface area contributed by atoms with E-state index in [1.807, 2.05) is 34.6 Å². The van der Waals surface area contributed by atoms with Crippen molar-refractivity contribution in [2.45, 2.75) is 39.5 Å². The Balaban J connectivity index is 2.55. The van der Waals surface area contributed by atoms with Crippen molar-refractivity contribution in [1.82, 2.24) is 0 Å². The van der Waals surface area contributed by atoms with Crippen LogP contribution in [-0.4, -0.2) is 22.6 Å². The van der Waals surface area contributed by atoms with Crippen LogP contribution in [0.15, 0.2) is 23.1 Å². The molecule has 2 aromatic rings. The number of hydrogen-bond acceptors (Lipinski definition) is 4. The lowest BCUT2D eigenvalue weighted by molar-refractivity contribution is 0.355. The van der Waals surface area contributed by atoms with E-state index in [0.717, 1.165) is 27.8 Å². The van der Waals surface area contributed by atoms with E-state index in [1.54, 1.807) is 18.2 Å². The highest BCUT2D eigenvalue weighted by Crippen LogP contribution is 2.33. The third kappa shape index (κ3) is 3.44. The molecule has 0 aromatic heterocycles. The zero-order valence-corrected chi connectivity index (χ0v) is 16.6. The van der Waals surface area contributed by atoms with E-state index < -0.39 is 10.0 Å². The Labute approximate surface area is 150 Å². The Morgan fingerprint density at radius 3 is 1.72 bits per heavy atom. The summed E-state index contributed by atoms with van der Waals surface area (Å²) in [5, 5.41) is 0. The molecule has 0 aliphatic rings. The summed E-state index contributed by atoms with van der Waals surface area (Å²) in [5.74, 6) is 1.01. The van der Waals surface area contributed by atoms with Crippen molar-refractivity contribution in [3.63, 3.8) is 0 Å². The first-order valence-electron chi connectivity index (χ1n) is 7.95. The van der Waals surface area contributed by atoms with Crippen molar-refractivity contribution < 1.29 is 17.9 Å². The summed E-state index contributed by atoms with van der Waals surface area (Å²) >= 11 is 0. The van der Waals surface area contributed by atoms with Crippen LogP contribution in [-0.2, 0) is 10.0 Å². The number of hydrogen-bond donors (Lipinski definition) is 1. The maximum atomic E-state index is 13.0. The number of nitrogens with one attached hydrogen (secondary N) is 1. The van der Waals surface area contributed by atoms with Crippen molar-refractivity contribution in [3.05, 3.63) is 46.0 Å². The number of rotatable bonds is 5. The predicted octanol–water partition coefficient (Wildman–Crippen LogP) is 4.05. The molecule has 0 saturated heterocycles. The van der Waals surface area contributed by atoms with Crippen molar-refractivity contribution >= 4 is 15.7 Å². The van der Waals surface area contributed by atoms with Gasteiger partial charge in [0.25, 0.3) is 10.0 Å².